The van der Waals surface area contributed by atoms with Crippen molar-refractivity contribution < 1.29 is 9.90 Å². The summed E-state index contributed by atoms with van der Waals surface area (Å²) >= 11 is 0. The molecule has 1 fully saturated rings. The van der Waals surface area contributed by atoms with Crippen LogP contribution in [0.25, 0.3) is 0 Å². The van der Waals surface area contributed by atoms with Gasteiger partial charge in [0.1, 0.15) is 6.04 Å². The van der Waals surface area contributed by atoms with Crippen molar-refractivity contribution in [3.8, 4) is 0 Å². The maximum absolute atomic E-state index is 10.8. The fourth-order valence-electron chi connectivity index (χ4n) is 1.93. The minimum atomic E-state index is -0.797. The highest BCUT2D eigenvalue weighted by Crippen LogP contribution is 2.07. The molecule has 0 saturated carbocycles. The maximum atomic E-state index is 10.8. The SMILES string of the molecule is CNC(CNC1CCCN(C)C1)C(=O)O. The zero-order valence-corrected chi connectivity index (χ0v) is 9.49. The lowest BCUT2D eigenvalue weighted by molar-refractivity contribution is -0.139. The quantitative estimate of drug-likeness (QED) is 0.568. The van der Waals surface area contributed by atoms with Gasteiger partial charge in [-0.15, -0.1) is 0 Å². The average Bonchev–Trinajstić information content (AvgIpc) is 2.18. The van der Waals surface area contributed by atoms with Crippen LogP contribution in [0.15, 0.2) is 0 Å². The summed E-state index contributed by atoms with van der Waals surface area (Å²) in [5.41, 5.74) is 0. The Morgan fingerprint density at radius 1 is 1.67 bits per heavy atom. The molecular formula is C10H21N3O2. The van der Waals surface area contributed by atoms with E-state index < -0.39 is 12.0 Å². The van der Waals surface area contributed by atoms with Crippen LogP contribution in [0.3, 0.4) is 0 Å². The number of carboxylic acids is 1. The Labute approximate surface area is 90.8 Å². The number of likely N-dealkylation sites (N-methyl/N-ethyl adjacent to an activating group) is 2. The zero-order chi connectivity index (χ0) is 11.3. The predicted molar refractivity (Wildman–Crippen MR) is 59.0 cm³/mol. The van der Waals surface area contributed by atoms with Crippen LogP contribution in [0, 0.1) is 0 Å². The number of hydrogen-bond acceptors (Lipinski definition) is 4. The second-order valence-electron chi connectivity index (χ2n) is 4.19. The van der Waals surface area contributed by atoms with Crippen molar-refractivity contribution in [1.29, 1.82) is 0 Å². The van der Waals surface area contributed by atoms with Crippen LogP contribution in [-0.4, -0.2) is 61.8 Å². The first kappa shape index (κ1) is 12.4. The van der Waals surface area contributed by atoms with Gasteiger partial charge in [0, 0.05) is 19.1 Å². The van der Waals surface area contributed by atoms with Gasteiger partial charge in [0.25, 0.3) is 0 Å². The fourth-order valence-corrected chi connectivity index (χ4v) is 1.93. The molecule has 0 spiro atoms. The zero-order valence-electron chi connectivity index (χ0n) is 9.49. The molecule has 1 aliphatic heterocycles. The van der Waals surface area contributed by atoms with Gasteiger partial charge in [0.2, 0.25) is 0 Å². The van der Waals surface area contributed by atoms with Gasteiger partial charge in [-0.3, -0.25) is 4.79 Å². The van der Waals surface area contributed by atoms with Crippen molar-refractivity contribution in [3.63, 3.8) is 0 Å². The summed E-state index contributed by atoms with van der Waals surface area (Å²) in [5.74, 6) is -0.797. The molecule has 0 aromatic heterocycles. The maximum Gasteiger partial charge on any atom is 0.322 e. The molecule has 0 amide bonds. The molecule has 5 nitrogen and oxygen atoms in total. The fraction of sp³-hybridized carbons (Fsp3) is 0.900. The molecule has 5 heteroatoms. The van der Waals surface area contributed by atoms with Gasteiger partial charge >= 0.3 is 5.97 Å². The number of nitrogens with one attached hydrogen (secondary N) is 2. The molecule has 3 N–H and O–H groups in total. The van der Waals surface area contributed by atoms with E-state index in [2.05, 4.69) is 22.6 Å². The highest BCUT2D eigenvalue weighted by Gasteiger charge is 2.20. The Hall–Kier alpha value is -0.650. The van der Waals surface area contributed by atoms with E-state index in [0.29, 0.717) is 12.6 Å². The van der Waals surface area contributed by atoms with E-state index in [-0.39, 0.29) is 0 Å². The van der Waals surface area contributed by atoms with Gasteiger partial charge in [-0.25, -0.2) is 0 Å². The summed E-state index contributed by atoms with van der Waals surface area (Å²) in [7, 11) is 3.77. The number of carbonyl (C=O) groups is 1. The lowest BCUT2D eigenvalue weighted by atomic mass is 10.1. The lowest BCUT2D eigenvalue weighted by Crippen LogP contribution is -2.50. The molecule has 0 radical (unpaired) electrons. The molecule has 0 aliphatic carbocycles. The highest BCUT2D eigenvalue weighted by atomic mass is 16.4. The van der Waals surface area contributed by atoms with Gasteiger partial charge in [0.05, 0.1) is 0 Å². The van der Waals surface area contributed by atoms with Crippen molar-refractivity contribution in [2.24, 2.45) is 0 Å². The molecule has 1 saturated heterocycles. The smallest absolute Gasteiger partial charge is 0.322 e. The van der Waals surface area contributed by atoms with Gasteiger partial charge in [-0.1, -0.05) is 0 Å². The van der Waals surface area contributed by atoms with Crippen LogP contribution in [0.2, 0.25) is 0 Å². The first-order valence-corrected chi connectivity index (χ1v) is 5.45. The minimum absolute atomic E-state index is 0.430. The second-order valence-corrected chi connectivity index (χ2v) is 4.19. The topological polar surface area (TPSA) is 64.6 Å². The second kappa shape index (κ2) is 6.05. The minimum Gasteiger partial charge on any atom is -0.480 e. The normalized spacial score (nSPS) is 25.1. The summed E-state index contributed by atoms with van der Waals surface area (Å²) < 4.78 is 0. The number of likely N-dealkylation sites (tertiary alicyclic amines) is 1. The number of piperidine rings is 1. The van der Waals surface area contributed by atoms with Crippen molar-refractivity contribution >= 4 is 5.97 Å². The van der Waals surface area contributed by atoms with Gasteiger partial charge in [0.15, 0.2) is 0 Å². The Morgan fingerprint density at radius 3 is 2.93 bits per heavy atom. The number of nitrogens with zero attached hydrogens (tertiary/aromatic N) is 1. The van der Waals surface area contributed by atoms with Gasteiger partial charge in [-0.2, -0.15) is 0 Å². The van der Waals surface area contributed by atoms with E-state index in [1.54, 1.807) is 7.05 Å². The third-order valence-electron chi connectivity index (χ3n) is 2.88. The summed E-state index contributed by atoms with van der Waals surface area (Å²) in [4.78, 5) is 13.0. The van der Waals surface area contributed by atoms with Gasteiger partial charge in [-0.05, 0) is 33.5 Å². The van der Waals surface area contributed by atoms with E-state index >= 15 is 0 Å². The monoisotopic (exact) mass is 215 g/mol. The third kappa shape index (κ3) is 4.15. The van der Waals surface area contributed by atoms with E-state index in [0.717, 1.165) is 19.5 Å². The Kier molecular flexibility index (Phi) is 5.01. The highest BCUT2D eigenvalue weighted by molar-refractivity contribution is 5.73. The summed E-state index contributed by atoms with van der Waals surface area (Å²) in [6.07, 6.45) is 2.33. The Bertz CT molecular complexity index is 211. The van der Waals surface area contributed by atoms with Crippen LogP contribution in [-0.2, 0) is 4.79 Å². The molecule has 2 atom stereocenters. The Morgan fingerprint density at radius 2 is 2.40 bits per heavy atom. The predicted octanol–water partition coefficient (Wildman–Crippen LogP) is -0.657. The summed E-state index contributed by atoms with van der Waals surface area (Å²) in [6.45, 7) is 2.65. The molecule has 1 rings (SSSR count). The van der Waals surface area contributed by atoms with Gasteiger partial charge < -0.3 is 20.6 Å². The van der Waals surface area contributed by atoms with Crippen molar-refractivity contribution in [2.75, 3.05) is 33.7 Å². The summed E-state index contributed by atoms with van der Waals surface area (Å²) in [6, 6.07) is -0.0591. The van der Waals surface area contributed by atoms with Crippen LogP contribution in [0.4, 0.5) is 0 Å². The molecule has 0 bridgehead atoms. The van der Waals surface area contributed by atoms with Crippen molar-refractivity contribution in [3.05, 3.63) is 0 Å². The van der Waals surface area contributed by atoms with Crippen LogP contribution >= 0.6 is 0 Å². The summed E-state index contributed by atoms with van der Waals surface area (Å²) in [5, 5.41) is 14.9. The van der Waals surface area contributed by atoms with Crippen LogP contribution in [0.1, 0.15) is 12.8 Å². The number of aliphatic carboxylic acids is 1. The van der Waals surface area contributed by atoms with E-state index in [4.69, 9.17) is 5.11 Å². The van der Waals surface area contributed by atoms with Crippen LogP contribution in [0.5, 0.6) is 0 Å². The van der Waals surface area contributed by atoms with E-state index in [1.807, 2.05) is 0 Å². The molecule has 0 aromatic carbocycles. The molecule has 88 valence electrons. The molecule has 0 aromatic rings. The molecule has 2 unspecified atom stereocenters. The number of rotatable bonds is 5. The van der Waals surface area contributed by atoms with Crippen LogP contribution < -0.4 is 10.6 Å². The number of hydrogen-bond donors (Lipinski definition) is 3. The Balaban J connectivity index is 2.26. The lowest BCUT2D eigenvalue weighted by Gasteiger charge is -2.31. The molecule has 1 aliphatic rings. The average molecular weight is 215 g/mol. The van der Waals surface area contributed by atoms with Crippen molar-refractivity contribution in [1.82, 2.24) is 15.5 Å². The molecule has 1 heterocycles. The largest absolute Gasteiger partial charge is 0.480 e. The first-order valence-electron chi connectivity index (χ1n) is 5.45. The van der Waals surface area contributed by atoms with Crippen molar-refractivity contribution in [2.45, 2.75) is 24.9 Å². The van der Waals surface area contributed by atoms with E-state index in [1.165, 1.54) is 6.42 Å². The first-order chi connectivity index (χ1) is 7.13. The third-order valence-corrected chi connectivity index (χ3v) is 2.88. The molecule has 15 heavy (non-hydrogen) atoms. The molecular weight excluding hydrogens is 194 g/mol. The standard InChI is InChI=1S/C10H21N3O2/c1-11-9(10(14)15)6-12-8-4-3-5-13(2)7-8/h8-9,11-12H,3-7H2,1-2H3,(H,14,15). The van der Waals surface area contributed by atoms with E-state index in [9.17, 15) is 4.79 Å². The number of carboxylic acid groups (broad SMARTS) is 1.